The van der Waals surface area contributed by atoms with Crippen molar-refractivity contribution in [2.24, 2.45) is 5.41 Å². The van der Waals surface area contributed by atoms with Crippen LogP contribution in [-0.4, -0.2) is 42.2 Å². The van der Waals surface area contributed by atoms with E-state index in [1.165, 1.54) is 0 Å². The van der Waals surface area contributed by atoms with Gasteiger partial charge >= 0.3 is 6.01 Å². The third-order valence-electron chi connectivity index (χ3n) is 2.42. The van der Waals surface area contributed by atoms with E-state index in [0.717, 1.165) is 13.0 Å². The van der Waals surface area contributed by atoms with E-state index in [2.05, 4.69) is 41.0 Å². The maximum Gasteiger partial charge on any atom is 0.323 e. The summed E-state index contributed by atoms with van der Waals surface area (Å²) < 4.78 is 5.63. The first-order chi connectivity index (χ1) is 8.81. The smallest absolute Gasteiger partial charge is 0.323 e. The van der Waals surface area contributed by atoms with Gasteiger partial charge in [-0.3, -0.25) is 0 Å². The van der Waals surface area contributed by atoms with Gasteiger partial charge in [-0.25, -0.2) is 0 Å². The molecule has 0 fully saturated rings. The van der Waals surface area contributed by atoms with Gasteiger partial charge in [0.05, 0.1) is 6.61 Å². The minimum atomic E-state index is 0.238. The number of rotatable bonds is 6. The van der Waals surface area contributed by atoms with Crippen LogP contribution < -0.4 is 15.0 Å². The lowest BCUT2D eigenvalue weighted by Gasteiger charge is -2.18. The Morgan fingerprint density at radius 1 is 1.16 bits per heavy atom. The first-order valence-corrected chi connectivity index (χ1v) is 6.62. The van der Waals surface area contributed by atoms with Gasteiger partial charge in [0, 0.05) is 20.6 Å². The highest BCUT2D eigenvalue weighted by Gasteiger charge is 2.12. The Labute approximate surface area is 115 Å². The molecule has 0 aliphatic heterocycles. The largest absolute Gasteiger partial charge is 0.463 e. The van der Waals surface area contributed by atoms with E-state index in [1.54, 1.807) is 0 Å². The Hall–Kier alpha value is -1.59. The van der Waals surface area contributed by atoms with Crippen molar-refractivity contribution in [3.63, 3.8) is 0 Å². The number of aromatic nitrogens is 3. The summed E-state index contributed by atoms with van der Waals surface area (Å²) in [6.07, 6.45) is 0.951. The number of nitrogens with one attached hydrogen (secondary N) is 1. The average Bonchev–Trinajstić information content (AvgIpc) is 2.27. The monoisotopic (exact) mass is 267 g/mol. The second-order valence-electron chi connectivity index (χ2n) is 5.83. The van der Waals surface area contributed by atoms with Crippen LogP contribution in [0.1, 0.15) is 34.1 Å². The lowest BCUT2D eigenvalue weighted by Crippen LogP contribution is -2.17. The standard InChI is InChI=1S/C13H25N5O/c1-7-14-10-15-11(18(5)6)17-12(16-10)19-9-8-13(2,3)4/h7-9H2,1-6H3,(H,14,15,16,17). The first-order valence-electron chi connectivity index (χ1n) is 6.62. The van der Waals surface area contributed by atoms with Crippen LogP contribution in [-0.2, 0) is 0 Å². The number of ether oxygens (including phenoxy) is 1. The van der Waals surface area contributed by atoms with E-state index in [9.17, 15) is 0 Å². The lowest BCUT2D eigenvalue weighted by molar-refractivity contribution is 0.229. The molecule has 0 saturated carbocycles. The van der Waals surface area contributed by atoms with Crippen LogP contribution in [0.3, 0.4) is 0 Å². The van der Waals surface area contributed by atoms with Gasteiger partial charge in [0.25, 0.3) is 0 Å². The molecule has 1 N–H and O–H groups in total. The van der Waals surface area contributed by atoms with Crippen LogP contribution >= 0.6 is 0 Å². The van der Waals surface area contributed by atoms with E-state index in [4.69, 9.17) is 4.74 Å². The number of hydrogen-bond acceptors (Lipinski definition) is 6. The highest BCUT2D eigenvalue weighted by atomic mass is 16.5. The molecule has 0 unspecified atom stereocenters. The molecule has 1 rings (SSSR count). The molecule has 0 saturated heterocycles. The highest BCUT2D eigenvalue weighted by molar-refractivity contribution is 5.36. The van der Waals surface area contributed by atoms with Gasteiger partial charge in [-0.05, 0) is 18.8 Å². The van der Waals surface area contributed by atoms with Gasteiger partial charge in [-0.15, -0.1) is 0 Å². The SMILES string of the molecule is CCNc1nc(OCCC(C)(C)C)nc(N(C)C)n1. The average molecular weight is 267 g/mol. The molecule has 108 valence electrons. The summed E-state index contributed by atoms with van der Waals surface area (Å²) in [5.74, 6) is 1.14. The third kappa shape index (κ3) is 5.72. The Morgan fingerprint density at radius 2 is 1.84 bits per heavy atom. The summed E-state index contributed by atoms with van der Waals surface area (Å²) in [5, 5.41) is 3.08. The first kappa shape index (κ1) is 15.5. The van der Waals surface area contributed by atoms with Crippen LogP contribution in [0.15, 0.2) is 0 Å². The van der Waals surface area contributed by atoms with Gasteiger partial charge < -0.3 is 15.0 Å². The van der Waals surface area contributed by atoms with Gasteiger partial charge in [-0.1, -0.05) is 20.8 Å². The van der Waals surface area contributed by atoms with Gasteiger partial charge in [0.1, 0.15) is 0 Å². The quantitative estimate of drug-likeness (QED) is 0.852. The Kier molecular flexibility index (Phi) is 5.32. The van der Waals surface area contributed by atoms with Crippen LogP contribution in [0.25, 0.3) is 0 Å². The van der Waals surface area contributed by atoms with Crippen molar-refractivity contribution in [2.75, 3.05) is 37.5 Å². The van der Waals surface area contributed by atoms with Crippen molar-refractivity contribution in [3.05, 3.63) is 0 Å². The summed E-state index contributed by atoms with van der Waals surface area (Å²) in [6, 6.07) is 0.374. The predicted molar refractivity (Wildman–Crippen MR) is 77.9 cm³/mol. The predicted octanol–water partition coefficient (Wildman–Crippen LogP) is 2.18. The molecule has 6 nitrogen and oxygen atoms in total. The van der Waals surface area contributed by atoms with Gasteiger partial charge in [0.2, 0.25) is 11.9 Å². The molecular weight excluding hydrogens is 242 g/mol. The highest BCUT2D eigenvalue weighted by Crippen LogP contribution is 2.19. The van der Waals surface area contributed by atoms with E-state index >= 15 is 0 Å². The van der Waals surface area contributed by atoms with Crippen molar-refractivity contribution >= 4 is 11.9 Å². The summed E-state index contributed by atoms with van der Waals surface area (Å²) >= 11 is 0. The molecule has 19 heavy (non-hydrogen) atoms. The normalized spacial score (nSPS) is 11.3. The van der Waals surface area contributed by atoms with Crippen LogP contribution in [0, 0.1) is 5.41 Å². The van der Waals surface area contributed by atoms with Crippen molar-refractivity contribution in [3.8, 4) is 6.01 Å². The van der Waals surface area contributed by atoms with Crippen molar-refractivity contribution in [1.29, 1.82) is 0 Å². The second kappa shape index (κ2) is 6.54. The number of nitrogens with zero attached hydrogens (tertiary/aromatic N) is 4. The van der Waals surface area contributed by atoms with E-state index in [-0.39, 0.29) is 5.41 Å². The molecule has 1 aromatic rings. The Morgan fingerprint density at radius 3 is 2.37 bits per heavy atom. The number of anilines is 2. The molecular formula is C13H25N5O. The summed E-state index contributed by atoms with van der Waals surface area (Å²) in [4.78, 5) is 14.6. The maximum absolute atomic E-state index is 5.63. The molecule has 0 bridgehead atoms. The van der Waals surface area contributed by atoms with E-state index < -0.39 is 0 Å². The molecule has 6 heteroatoms. The molecule has 0 radical (unpaired) electrons. The molecule has 1 heterocycles. The zero-order valence-corrected chi connectivity index (χ0v) is 12.8. The Bertz CT molecular complexity index is 401. The third-order valence-corrected chi connectivity index (χ3v) is 2.42. The lowest BCUT2D eigenvalue weighted by atomic mass is 9.93. The van der Waals surface area contributed by atoms with Crippen LogP contribution in [0.5, 0.6) is 6.01 Å². The van der Waals surface area contributed by atoms with E-state index in [1.807, 2.05) is 25.9 Å². The Balaban J connectivity index is 2.75. The van der Waals surface area contributed by atoms with Gasteiger partial charge in [0.15, 0.2) is 0 Å². The molecule has 0 aromatic carbocycles. The molecule has 0 atom stereocenters. The maximum atomic E-state index is 5.63. The van der Waals surface area contributed by atoms with Crippen molar-refractivity contribution < 1.29 is 4.74 Å². The zero-order valence-electron chi connectivity index (χ0n) is 12.8. The molecule has 1 aromatic heterocycles. The molecule has 0 amide bonds. The molecule has 0 aliphatic rings. The van der Waals surface area contributed by atoms with Crippen molar-refractivity contribution in [2.45, 2.75) is 34.1 Å². The van der Waals surface area contributed by atoms with Crippen LogP contribution in [0.2, 0.25) is 0 Å². The van der Waals surface area contributed by atoms with E-state index in [0.29, 0.717) is 24.5 Å². The van der Waals surface area contributed by atoms with Gasteiger partial charge in [-0.2, -0.15) is 15.0 Å². The fraction of sp³-hybridized carbons (Fsp3) is 0.769. The fourth-order valence-corrected chi connectivity index (χ4v) is 1.30. The van der Waals surface area contributed by atoms with Crippen molar-refractivity contribution in [1.82, 2.24) is 15.0 Å². The fourth-order valence-electron chi connectivity index (χ4n) is 1.30. The van der Waals surface area contributed by atoms with Crippen LogP contribution in [0.4, 0.5) is 11.9 Å². The number of hydrogen-bond donors (Lipinski definition) is 1. The summed E-state index contributed by atoms with van der Waals surface area (Å²) in [5.41, 5.74) is 0.238. The minimum absolute atomic E-state index is 0.238. The zero-order chi connectivity index (χ0) is 14.5. The summed E-state index contributed by atoms with van der Waals surface area (Å²) in [6.45, 7) is 9.90. The second-order valence-corrected chi connectivity index (χ2v) is 5.83. The topological polar surface area (TPSA) is 63.2 Å². The molecule has 0 spiro atoms. The summed E-state index contributed by atoms with van der Waals surface area (Å²) in [7, 11) is 3.79. The molecule has 0 aliphatic carbocycles. The minimum Gasteiger partial charge on any atom is -0.463 e.